The van der Waals surface area contributed by atoms with E-state index in [0.717, 1.165) is 16.9 Å². The first-order valence-corrected chi connectivity index (χ1v) is 8.46. The van der Waals surface area contributed by atoms with Gasteiger partial charge in [0.05, 0.1) is 0 Å². The zero-order valence-corrected chi connectivity index (χ0v) is 13.5. The molecule has 3 aromatic rings. The number of hydrogen-bond acceptors (Lipinski definition) is 4. The summed E-state index contributed by atoms with van der Waals surface area (Å²) in [6.45, 7) is 0. The molecule has 1 N–H and O–H groups in total. The Morgan fingerprint density at radius 1 is 1.04 bits per heavy atom. The predicted molar refractivity (Wildman–Crippen MR) is 92.7 cm³/mol. The van der Waals surface area contributed by atoms with Crippen molar-refractivity contribution < 1.29 is 4.42 Å². The van der Waals surface area contributed by atoms with E-state index in [1.54, 1.807) is 0 Å². The van der Waals surface area contributed by atoms with Crippen LogP contribution in [-0.2, 0) is 0 Å². The molecule has 0 atom stereocenters. The summed E-state index contributed by atoms with van der Waals surface area (Å²) in [4.78, 5) is 9.06. The molecule has 118 valence electrons. The lowest BCUT2D eigenvalue weighted by Crippen LogP contribution is -2.22. The number of nitrogens with zero attached hydrogens (tertiary/aromatic N) is 2. The number of rotatable bonds is 3. The van der Waals surface area contributed by atoms with Crippen LogP contribution >= 0.6 is 11.6 Å². The predicted octanol–water partition coefficient (Wildman–Crippen LogP) is 5.29. The third-order valence-electron chi connectivity index (χ3n) is 4.28. The van der Waals surface area contributed by atoms with Crippen LogP contribution in [0.25, 0.3) is 22.7 Å². The number of anilines is 1. The highest BCUT2D eigenvalue weighted by Gasteiger charge is 2.15. The lowest BCUT2D eigenvalue weighted by molar-refractivity contribution is 0.462. The average molecular weight is 328 g/mol. The van der Waals surface area contributed by atoms with Crippen molar-refractivity contribution in [3.8, 4) is 11.5 Å². The van der Waals surface area contributed by atoms with Crippen LogP contribution in [0.2, 0.25) is 5.02 Å². The number of hydrogen-bond donors (Lipinski definition) is 1. The summed E-state index contributed by atoms with van der Waals surface area (Å²) < 4.78 is 5.82. The van der Waals surface area contributed by atoms with Gasteiger partial charge in [0, 0.05) is 16.6 Å². The summed E-state index contributed by atoms with van der Waals surface area (Å²) >= 11 is 6.03. The molecule has 1 aliphatic carbocycles. The number of halogens is 1. The molecular weight excluding hydrogens is 310 g/mol. The van der Waals surface area contributed by atoms with Crippen LogP contribution in [0.5, 0.6) is 0 Å². The first-order chi connectivity index (χ1) is 11.3. The Labute approximate surface area is 139 Å². The summed E-state index contributed by atoms with van der Waals surface area (Å²) in [5.41, 5.74) is 2.17. The van der Waals surface area contributed by atoms with E-state index in [2.05, 4.69) is 15.3 Å². The third-order valence-corrected chi connectivity index (χ3v) is 4.52. The molecule has 0 amide bonds. The van der Waals surface area contributed by atoms with Crippen LogP contribution in [0.1, 0.15) is 32.1 Å². The summed E-state index contributed by atoms with van der Waals surface area (Å²) in [6, 6.07) is 11.9. The fraction of sp³-hybridized carbons (Fsp3) is 0.333. The van der Waals surface area contributed by atoms with Gasteiger partial charge in [-0.05, 0) is 43.2 Å². The molecule has 1 aliphatic rings. The SMILES string of the molecule is Clc1cccc(-c2nc3ccc(NC4CCCCC4)nc3o2)c1. The van der Waals surface area contributed by atoms with Crippen LogP contribution in [0.4, 0.5) is 5.82 Å². The monoisotopic (exact) mass is 327 g/mol. The fourth-order valence-corrected chi connectivity index (χ4v) is 3.29. The molecule has 4 rings (SSSR count). The Balaban J connectivity index is 1.61. The molecule has 0 spiro atoms. The van der Waals surface area contributed by atoms with Crippen molar-refractivity contribution in [2.45, 2.75) is 38.1 Å². The van der Waals surface area contributed by atoms with Crippen molar-refractivity contribution in [3.63, 3.8) is 0 Å². The molecule has 4 nitrogen and oxygen atoms in total. The van der Waals surface area contributed by atoms with Gasteiger partial charge in [0.1, 0.15) is 11.3 Å². The van der Waals surface area contributed by atoms with Gasteiger partial charge in [0.25, 0.3) is 0 Å². The summed E-state index contributed by atoms with van der Waals surface area (Å²) in [5.74, 6) is 1.41. The Kier molecular flexibility index (Phi) is 3.92. The maximum atomic E-state index is 6.03. The Morgan fingerprint density at radius 3 is 2.74 bits per heavy atom. The zero-order valence-electron chi connectivity index (χ0n) is 12.8. The Bertz CT molecular complexity index is 824. The molecule has 0 unspecified atom stereocenters. The van der Waals surface area contributed by atoms with Crippen LogP contribution in [0, 0.1) is 0 Å². The van der Waals surface area contributed by atoms with Gasteiger partial charge in [-0.15, -0.1) is 0 Å². The molecule has 2 heterocycles. The first kappa shape index (κ1) is 14.5. The van der Waals surface area contributed by atoms with Crippen molar-refractivity contribution in [1.82, 2.24) is 9.97 Å². The minimum absolute atomic E-state index is 0.518. The number of oxazole rings is 1. The normalized spacial score (nSPS) is 15.9. The molecule has 0 bridgehead atoms. The molecule has 0 aliphatic heterocycles. The minimum atomic E-state index is 0.518. The van der Waals surface area contributed by atoms with Crippen LogP contribution < -0.4 is 5.32 Å². The topological polar surface area (TPSA) is 51.0 Å². The van der Waals surface area contributed by atoms with Crippen LogP contribution in [0.15, 0.2) is 40.8 Å². The molecular formula is C18H18ClN3O. The molecule has 1 saturated carbocycles. The van der Waals surface area contributed by atoms with E-state index in [0.29, 0.717) is 22.7 Å². The first-order valence-electron chi connectivity index (χ1n) is 8.08. The molecule has 1 aromatic carbocycles. The lowest BCUT2D eigenvalue weighted by Gasteiger charge is -2.23. The molecule has 0 radical (unpaired) electrons. The van der Waals surface area contributed by atoms with Crippen molar-refractivity contribution in [2.75, 3.05) is 5.32 Å². The standard InChI is InChI=1S/C18H18ClN3O/c19-13-6-4-5-12(11-13)17-21-15-9-10-16(22-18(15)23-17)20-14-7-2-1-3-8-14/h4-6,9-11,14H,1-3,7-8H2,(H,20,22). The van der Waals surface area contributed by atoms with E-state index in [4.69, 9.17) is 16.0 Å². The largest absolute Gasteiger partial charge is 0.418 e. The highest BCUT2D eigenvalue weighted by Crippen LogP contribution is 2.27. The van der Waals surface area contributed by atoms with E-state index < -0.39 is 0 Å². The quantitative estimate of drug-likeness (QED) is 0.710. The second-order valence-electron chi connectivity index (χ2n) is 6.03. The number of pyridine rings is 1. The van der Waals surface area contributed by atoms with Crippen molar-refractivity contribution in [3.05, 3.63) is 41.4 Å². The maximum Gasteiger partial charge on any atom is 0.249 e. The molecule has 2 aromatic heterocycles. The van der Waals surface area contributed by atoms with Gasteiger partial charge in [0.2, 0.25) is 11.6 Å². The number of fused-ring (bicyclic) bond motifs is 1. The average Bonchev–Trinajstić information content (AvgIpc) is 2.99. The van der Waals surface area contributed by atoms with Gasteiger partial charge in [-0.2, -0.15) is 4.98 Å². The van der Waals surface area contributed by atoms with Gasteiger partial charge in [-0.3, -0.25) is 0 Å². The van der Waals surface area contributed by atoms with E-state index >= 15 is 0 Å². The Morgan fingerprint density at radius 2 is 1.91 bits per heavy atom. The number of benzene rings is 1. The molecule has 23 heavy (non-hydrogen) atoms. The van der Waals surface area contributed by atoms with Crippen LogP contribution in [0.3, 0.4) is 0 Å². The van der Waals surface area contributed by atoms with Crippen molar-refractivity contribution >= 4 is 28.6 Å². The maximum absolute atomic E-state index is 6.03. The van der Waals surface area contributed by atoms with Crippen molar-refractivity contribution in [2.24, 2.45) is 0 Å². The van der Waals surface area contributed by atoms with Gasteiger partial charge in [-0.1, -0.05) is 36.9 Å². The Hall–Kier alpha value is -2.07. The zero-order chi connectivity index (χ0) is 15.6. The van der Waals surface area contributed by atoms with Crippen LogP contribution in [-0.4, -0.2) is 16.0 Å². The highest BCUT2D eigenvalue weighted by molar-refractivity contribution is 6.30. The molecule has 1 fully saturated rings. The summed E-state index contributed by atoms with van der Waals surface area (Å²) in [5, 5.41) is 4.18. The minimum Gasteiger partial charge on any atom is -0.418 e. The second-order valence-corrected chi connectivity index (χ2v) is 6.47. The van der Waals surface area contributed by atoms with E-state index in [9.17, 15) is 0 Å². The van der Waals surface area contributed by atoms with E-state index in [1.165, 1.54) is 32.1 Å². The van der Waals surface area contributed by atoms with E-state index in [-0.39, 0.29) is 0 Å². The van der Waals surface area contributed by atoms with E-state index in [1.807, 2.05) is 36.4 Å². The number of aromatic nitrogens is 2. The highest BCUT2D eigenvalue weighted by atomic mass is 35.5. The van der Waals surface area contributed by atoms with Crippen molar-refractivity contribution in [1.29, 1.82) is 0 Å². The lowest BCUT2D eigenvalue weighted by atomic mass is 9.95. The summed E-state index contributed by atoms with van der Waals surface area (Å²) in [6.07, 6.45) is 6.35. The fourth-order valence-electron chi connectivity index (χ4n) is 3.10. The third kappa shape index (κ3) is 3.17. The molecule has 5 heteroatoms. The van der Waals surface area contributed by atoms with Gasteiger partial charge in [0.15, 0.2) is 0 Å². The smallest absolute Gasteiger partial charge is 0.249 e. The second kappa shape index (κ2) is 6.20. The number of nitrogens with one attached hydrogen (secondary N) is 1. The summed E-state index contributed by atoms with van der Waals surface area (Å²) in [7, 11) is 0. The van der Waals surface area contributed by atoms with Gasteiger partial charge < -0.3 is 9.73 Å². The van der Waals surface area contributed by atoms with Gasteiger partial charge >= 0.3 is 0 Å². The van der Waals surface area contributed by atoms with Gasteiger partial charge in [-0.25, -0.2) is 4.98 Å². The molecule has 0 saturated heterocycles.